The number of hydrogen-bond acceptors (Lipinski definition) is 5. The Hall–Kier alpha value is -3.16. The minimum Gasteiger partial charge on any atom is -0.491 e. The maximum Gasteiger partial charge on any atom is 0.224 e. The Kier molecular flexibility index (Phi) is 4.11. The zero-order chi connectivity index (χ0) is 19.1. The van der Waals surface area contributed by atoms with Crippen LogP contribution in [0.25, 0.3) is 5.65 Å². The van der Waals surface area contributed by atoms with Gasteiger partial charge >= 0.3 is 0 Å². The van der Waals surface area contributed by atoms with Crippen molar-refractivity contribution < 1.29 is 13.9 Å². The highest BCUT2D eigenvalue weighted by Gasteiger charge is 2.35. The van der Waals surface area contributed by atoms with Gasteiger partial charge in [0, 0.05) is 17.3 Å². The van der Waals surface area contributed by atoms with Crippen LogP contribution in [0.3, 0.4) is 0 Å². The number of fused-ring (bicyclic) bond motifs is 2. The lowest BCUT2D eigenvalue weighted by molar-refractivity contribution is -0.120. The first-order chi connectivity index (χ1) is 13.7. The summed E-state index contributed by atoms with van der Waals surface area (Å²) in [6.07, 6.45) is 5.82. The first-order valence-corrected chi connectivity index (χ1v) is 9.46. The molecule has 5 rings (SSSR count). The number of hydrogen-bond donors (Lipinski definition) is 2. The number of amides is 1. The molecular weight excluding hydrogens is 361 g/mol. The molecule has 2 aromatic heterocycles. The average Bonchev–Trinajstić information content (AvgIpc) is 3.46. The molecule has 2 bridgehead atoms. The zero-order valence-electron chi connectivity index (χ0n) is 15.2. The van der Waals surface area contributed by atoms with Gasteiger partial charge in [-0.05, 0) is 43.0 Å². The number of aromatic nitrogens is 3. The molecule has 1 aliphatic carbocycles. The predicted molar refractivity (Wildman–Crippen MR) is 101 cm³/mol. The number of nitrogens with one attached hydrogen (secondary N) is 2. The molecule has 3 heterocycles. The summed E-state index contributed by atoms with van der Waals surface area (Å²) in [5.74, 6) is 1.28. The van der Waals surface area contributed by atoms with Crippen LogP contribution in [0.5, 0.6) is 5.75 Å². The molecule has 144 valence electrons. The van der Waals surface area contributed by atoms with Crippen molar-refractivity contribution in [1.29, 1.82) is 0 Å². The van der Waals surface area contributed by atoms with Gasteiger partial charge in [0.15, 0.2) is 5.65 Å². The fraction of sp³-hybridized carbons (Fsp3) is 0.350. The quantitative estimate of drug-likeness (QED) is 0.677. The first kappa shape index (κ1) is 17.0. The summed E-state index contributed by atoms with van der Waals surface area (Å²) in [6, 6.07) is 6.32. The second-order valence-electron chi connectivity index (χ2n) is 7.27. The van der Waals surface area contributed by atoms with E-state index in [1.165, 1.54) is 12.1 Å². The average molecular weight is 381 g/mol. The second-order valence-corrected chi connectivity index (χ2v) is 7.27. The van der Waals surface area contributed by atoms with Crippen LogP contribution >= 0.6 is 0 Å². The smallest absolute Gasteiger partial charge is 0.224 e. The van der Waals surface area contributed by atoms with Crippen molar-refractivity contribution in [3.8, 4) is 5.75 Å². The SMILES string of the molecule is O=C1Cc2cnn3ccc(nc23)NC(C2CC2)c2cc(F)ccc2OCCN1. The number of nitrogens with zero attached hydrogens (tertiary/aromatic N) is 3. The largest absolute Gasteiger partial charge is 0.491 e. The van der Waals surface area contributed by atoms with E-state index in [-0.39, 0.29) is 24.2 Å². The minimum absolute atomic E-state index is 0.0930. The third-order valence-electron chi connectivity index (χ3n) is 5.18. The summed E-state index contributed by atoms with van der Waals surface area (Å²) in [6.45, 7) is 0.684. The Morgan fingerprint density at radius 2 is 2.14 bits per heavy atom. The van der Waals surface area contributed by atoms with E-state index in [1.54, 1.807) is 16.8 Å². The van der Waals surface area contributed by atoms with Crippen LogP contribution in [-0.4, -0.2) is 33.7 Å². The number of carbonyl (C=O) groups excluding carboxylic acids is 1. The molecule has 3 aromatic rings. The third kappa shape index (κ3) is 3.26. The van der Waals surface area contributed by atoms with Gasteiger partial charge in [0.2, 0.25) is 5.91 Å². The van der Waals surface area contributed by atoms with E-state index >= 15 is 0 Å². The van der Waals surface area contributed by atoms with Crippen molar-refractivity contribution in [2.24, 2.45) is 5.92 Å². The predicted octanol–water partition coefficient (Wildman–Crippen LogP) is 2.48. The third-order valence-corrected chi connectivity index (χ3v) is 5.18. The van der Waals surface area contributed by atoms with Crippen molar-refractivity contribution in [2.75, 3.05) is 18.5 Å². The van der Waals surface area contributed by atoms with Gasteiger partial charge < -0.3 is 15.4 Å². The van der Waals surface area contributed by atoms with E-state index in [4.69, 9.17) is 4.74 Å². The fourth-order valence-electron chi connectivity index (χ4n) is 3.64. The van der Waals surface area contributed by atoms with Gasteiger partial charge in [-0.15, -0.1) is 0 Å². The molecule has 0 spiro atoms. The monoisotopic (exact) mass is 381 g/mol. The van der Waals surface area contributed by atoms with Gasteiger partial charge in [-0.1, -0.05) is 0 Å². The number of carbonyl (C=O) groups is 1. The summed E-state index contributed by atoms with van der Waals surface area (Å²) in [5, 5.41) is 10.6. The zero-order valence-corrected chi connectivity index (χ0v) is 15.2. The first-order valence-electron chi connectivity index (χ1n) is 9.46. The summed E-state index contributed by atoms with van der Waals surface area (Å²) >= 11 is 0. The van der Waals surface area contributed by atoms with Gasteiger partial charge in [-0.3, -0.25) is 4.79 Å². The maximum atomic E-state index is 14.0. The summed E-state index contributed by atoms with van der Waals surface area (Å²) in [5.41, 5.74) is 2.18. The molecule has 0 saturated heterocycles. The molecule has 8 heteroatoms. The molecule has 28 heavy (non-hydrogen) atoms. The van der Waals surface area contributed by atoms with Crippen molar-refractivity contribution >= 4 is 17.4 Å². The molecule has 2 N–H and O–H groups in total. The molecule has 1 unspecified atom stereocenters. The van der Waals surface area contributed by atoms with Crippen LogP contribution in [0.2, 0.25) is 0 Å². The van der Waals surface area contributed by atoms with E-state index in [1.807, 2.05) is 12.3 Å². The molecular formula is C20H20FN5O2. The van der Waals surface area contributed by atoms with Gasteiger partial charge in [-0.2, -0.15) is 5.10 Å². The Labute approximate surface area is 160 Å². The number of halogens is 1. The number of rotatable bonds is 1. The standard InChI is InChI=1S/C20H20FN5O2/c21-14-3-4-16-15(10-14)19(12-1-2-12)24-17-5-7-26-20(25-17)13(11-23-26)9-18(27)22-6-8-28-16/h3-5,7,10-12,19H,1-2,6,8-9H2,(H,22,27)(H,24,25). The van der Waals surface area contributed by atoms with Crippen molar-refractivity contribution in [2.45, 2.75) is 25.3 Å². The number of benzene rings is 1. The molecule has 0 radical (unpaired) electrons. The van der Waals surface area contributed by atoms with Crippen molar-refractivity contribution in [3.63, 3.8) is 0 Å². The number of anilines is 1. The maximum absolute atomic E-state index is 14.0. The Bertz CT molecular complexity index is 1050. The molecule has 2 aliphatic rings. The topological polar surface area (TPSA) is 80.6 Å². The molecule has 1 aliphatic heterocycles. The molecule has 1 atom stereocenters. The highest BCUT2D eigenvalue weighted by molar-refractivity contribution is 5.80. The lowest BCUT2D eigenvalue weighted by atomic mass is 10.0. The summed E-state index contributed by atoms with van der Waals surface area (Å²) in [7, 11) is 0. The van der Waals surface area contributed by atoms with Gasteiger partial charge in [0.1, 0.15) is 24.0 Å². The van der Waals surface area contributed by atoms with E-state index < -0.39 is 0 Å². The van der Waals surface area contributed by atoms with Crippen LogP contribution < -0.4 is 15.4 Å². The molecule has 1 aromatic carbocycles. The Morgan fingerprint density at radius 3 is 3.00 bits per heavy atom. The van der Waals surface area contributed by atoms with Crippen LogP contribution in [0.4, 0.5) is 10.2 Å². The van der Waals surface area contributed by atoms with Gasteiger partial charge in [-0.25, -0.2) is 13.9 Å². The van der Waals surface area contributed by atoms with Crippen molar-refractivity contribution in [3.05, 3.63) is 53.6 Å². The molecule has 1 fully saturated rings. The van der Waals surface area contributed by atoms with Crippen molar-refractivity contribution in [1.82, 2.24) is 19.9 Å². The highest BCUT2D eigenvalue weighted by atomic mass is 19.1. The van der Waals surface area contributed by atoms with Crippen LogP contribution in [-0.2, 0) is 11.2 Å². The van der Waals surface area contributed by atoms with Crippen LogP contribution in [0, 0.1) is 11.7 Å². The summed E-state index contributed by atoms with van der Waals surface area (Å²) < 4.78 is 21.6. The molecule has 1 amide bonds. The lowest BCUT2D eigenvalue weighted by Gasteiger charge is -2.23. The lowest BCUT2D eigenvalue weighted by Crippen LogP contribution is -2.29. The van der Waals surface area contributed by atoms with E-state index in [9.17, 15) is 9.18 Å². The molecule has 1 saturated carbocycles. The highest BCUT2D eigenvalue weighted by Crippen LogP contribution is 2.45. The minimum atomic E-state index is -0.300. The van der Waals surface area contributed by atoms with E-state index in [0.717, 1.165) is 24.0 Å². The van der Waals surface area contributed by atoms with Crippen LogP contribution in [0.1, 0.15) is 30.0 Å². The summed E-state index contributed by atoms with van der Waals surface area (Å²) in [4.78, 5) is 16.9. The Morgan fingerprint density at radius 1 is 1.25 bits per heavy atom. The number of ether oxygens (including phenoxy) is 1. The molecule has 7 nitrogen and oxygen atoms in total. The van der Waals surface area contributed by atoms with Gasteiger partial charge in [0.25, 0.3) is 0 Å². The second kappa shape index (κ2) is 6.78. The van der Waals surface area contributed by atoms with Crippen LogP contribution in [0.15, 0.2) is 36.7 Å². The normalized spacial score (nSPS) is 20.0. The Balaban J connectivity index is 1.60. The van der Waals surface area contributed by atoms with Gasteiger partial charge in [0.05, 0.1) is 25.2 Å². The van der Waals surface area contributed by atoms with E-state index in [2.05, 4.69) is 20.7 Å². The fourth-order valence-corrected chi connectivity index (χ4v) is 3.64. The van der Waals surface area contributed by atoms with E-state index in [0.29, 0.717) is 36.3 Å².